The van der Waals surface area contributed by atoms with E-state index in [9.17, 15) is 9.59 Å². The molecule has 20 heavy (non-hydrogen) atoms. The van der Waals surface area contributed by atoms with Crippen molar-refractivity contribution in [3.63, 3.8) is 0 Å². The Hall–Kier alpha value is -2.19. The Morgan fingerprint density at radius 2 is 2.35 bits per heavy atom. The van der Waals surface area contributed by atoms with Gasteiger partial charge in [-0.15, -0.1) is 5.10 Å². The van der Waals surface area contributed by atoms with Gasteiger partial charge in [0.05, 0.1) is 6.61 Å². The van der Waals surface area contributed by atoms with E-state index in [4.69, 9.17) is 4.74 Å². The SMILES string of the molecule is CCOC(=O)N[C@@H]1CCCN(C(=O)Cn2cnnn2)C1. The Labute approximate surface area is 116 Å². The van der Waals surface area contributed by atoms with E-state index in [0.29, 0.717) is 19.7 Å². The number of rotatable bonds is 4. The highest BCUT2D eigenvalue weighted by molar-refractivity contribution is 5.76. The molecule has 110 valence electrons. The molecule has 2 rings (SSSR count). The van der Waals surface area contributed by atoms with Crippen molar-refractivity contribution < 1.29 is 14.3 Å². The van der Waals surface area contributed by atoms with Crippen LogP contribution < -0.4 is 5.32 Å². The number of nitrogens with zero attached hydrogens (tertiary/aromatic N) is 5. The number of carbonyl (C=O) groups excluding carboxylic acids is 2. The van der Waals surface area contributed by atoms with Crippen LogP contribution in [0.5, 0.6) is 0 Å². The standard InChI is InChI=1S/C11H18N6O3/c1-2-20-11(19)13-9-4-3-5-16(6-9)10(18)7-17-8-12-14-15-17/h8-9H,2-7H2,1H3,(H,13,19)/t9-/m1/s1. The molecule has 9 heteroatoms. The maximum Gasteiger partial charge on any atom is 0.407 e. The monoisotopic (exact) mass is 282 g/mol. The van der Waals surface area contributed by atoms with Gasteiger partial charge in [0.15, 0.2) is 0 Å². The summed E-state index contributed by atoms with van der Waals surface area (Å²) in [6, 6.07) is -0.0689. The Morgan fingerprint density at radius 3 is 3.05 bits per heavy atom. The Bertz CT molecular complexity index is 449. The third kappa shape index (κ3) is 3.90. The summed E-state index contributed by atoms with van der Waals surface area (Å²) in [5.74, 6) is -0.0624. The molecular formula is C11H18N6O3. The van der Waals surface area contributed by atoms with E-state index in [1.807, 2.05) is 0 Å². The third-order valence-corrected chi connectivity index (χ3v) is 3.06. The van der Waals surface area contributed by atoms with Crippen molar-refractivity contribution in [3.05, 3.63) is 6.33 Å². The second-order valence-electron chi connectivity index (χ2n) is 4.55. The molecule has 2 heterocycles. The van der Waals surface area contributed by atoms with Crippen molar-refractivity contribution in [2.75, 3.05) is 19.7 Å². The van der Waals surface area contributed by atoms with Crippen LogP contribution in [-0.2, 0) is 16.1 Å². The lowest BCUT2D eigenvalue weighted by atomic mass is 10.1. The second-order valence-corrected chi connectivity index (χ2v) is 4.55. The summed E-state index contributed by atoms with van der Waals surface area (Å²) in [6.07, 6.45) is 2.65. The molecule has 1 N–H and O–H groups in total. The molecule has 1 atom stereocenters. The van der Waals surface area contributed by atoms with Gasteiger partial charge in [0.25, 0.3) is 0 Å². The molecule has 1 aromatic rings. The predicted octanol–water partition coefficient (Wildman–Crippen LogP) is -0.590. The average Bonchev–Trinajstić information content (AvgIpc) is 2.92. The summed E-state index contributed by atoms with van der Waals surface area (Å²) in [6.45, 7) is 3.36. The topological polar surface area (TPSA) is 102 Å². The molecule has 0 radical (unpaired) electrons. The molecule has 0 unspecified atom stereocenters. The van der Waals surface area contributed by atoms with Gasteiger partial charge in [-0.1, -0.05) is 0 Å². The number of carbonyl (C=O) groups is 2. The van der Waals surface area contributed by atoms with Crippen LogP contribution in [0.1, 0.15) is 19.8 Å². The summed E-state index contributed by atoms with van der Waals surface area (Å²) in [4.78, 5) is 25.2. The third-order valence-electron chi connectivity index (χ3n) is 3.06. The number of aromatic nitrogens is 4. The van der Waals surface area contributed by atoms with E-state index in [1.165, 1.54) is 11.0 Å². The van der Waals surface area contributed by atoms with Crippen molar-refractivity contribution >= 4 is 12.0 Å². The zero-order valence-electron chi connectivity index (χ0n) is 11.4. The molecule has 2 amide bonds. The van der Waals surface area contributed by atoms with Gasteiger partial charge in [-0.05, 0) is 30.2 Å². The quantitative estimate of drug-likeness (QED) is 0.792. The van der Waals surface area contributed by atoms with Crippen molar-refractivity contribution in [1.29, 1.82) is 0 Å². The number of hydrogen-bond donors (Lipinski definition) is 1. The molecule has 1 fully saturated rings. The molecule has 1 aliphatic rings. The van der Waals surface area contributed by atoms with E-state index in [1.54, 1.807) is 11.8 Å². The van der Waals surface area contributed by atoms with E-state index >= 15 is 0 Å². The summed E-state index contributed by atoms with van der Waals surface area (Å²) in [5.41, 5.74) is 0. The van der Waals surface area contributed by atoms with Crippen molar-refractivity contribution in [2.45, 2.75) is 32.4 Å². The normalized spacial score (nSPS) is 18.6. The first-order valence-electron chi connectivity index (χ1n) is 6.61. The minimum Gasteiger partial charge on any atom is -0.450 e. The largest absolute Gasteiger partial charge is 0.450 e. The zero-order valence-corrected chi connectivity index (χ0v) is 11.4. The van der Waals surface area contributed by atoms with Gasteiger partial charge in [-0.3, -0.25) is 4.79 Å². The van der Waals surface area contributed by atoms with E-state index in [-0.39, 0.29) is 18.5 Å². The molecule has 1 saturated heterocycles. The van der Waals surface area contributed by atoms with Gasteiger partial charge in [-0.2, -0.15) is 0 Å². The number of amides is 2. The number of likely N-dealkylation sites (tertiary alicyclic amines) is 1. The van der Waals surface area contributed by atoms with Gasteiger partial charge in [0.2, 0.25) is 5.91 Å². The first kappa shape index (κ1) is 14.2. The molecule has 1 aliphatic heterocycles. The molecule has 9 nitrogen and oxygen atoms in total. The lowest BCUT2D eigenvalue weighted by Gasteiger charge is -2.32. The summed E-state index contributed by atoms with van der Waals surface area (Å²) < 4.78 is 6.22. The minimum atomic E-state index is -0.438. The number of ether oxygens (including phenoxy) is 1. The van der Waals surface area contributed by atoms with Crippen LogP contribution in [0.3, 0.4) is 0 Å². The zero-order chi connectivity index (χ0) is 14.4. The van der Waals surface area contributed by atoms with Gasteiger partial charge in [-0.25, -0.2) is 9.48 Å². The molecule has 0 bridgehead atoms. The van der Waals surface area contributed by atoms with Crippen LogP contribution in [-0.4, -0.2) is 62.8 Å². The Balaban J connectivity index is 1.83. The molecule has 0 spiro atoms. The molecule has 0 saturated carbocycles. The fraction of sp³-hybridized carbons (Fsp3) is 0.727. The maximum atomic E-state index is 12.1. The van der Waals surface area contributed by atoms with E-state index in [2.05, 4.69) is 20.8 Å². The van der Waals surface area contributed by atoms with Gasteiger partial charge >= 0.3 is 6.09 Å². The van der Waals surface area contributed by atoms with Crippen molar-refractivity contribution in [2.24, 2.45) is 0 Å². The van der Waals surface area contributed by atoms with Crippen molar-refractivity contribution in [1.82, 2.24) is 30.4 Å². The van der Waals surface area contributed by atoms with Gasteiger partial charge in [0, 0.05) is 19.1 Å². The maximum absolute atomic E-state index is 12.1. The first-order valence-corrected chi connectivity index (χ1v) is 6.61. The van der Waals surface area contributed by atoms with E-state index < -0.39 is 6.09 Å². The second kappa shape index (κ2) is 6.83. The van der Waals surface area contributed by atoms with Crippen LogP contribution in [0.2, 0.25) is 0 Å². The minimum absolute atomic E-state index is 0.0624. The van der Waals surface area contributed by atoms with Gasteiger partial charge < -0.3 is 15.0 Å². The van der Waals surface area contributed by atoms with Crippen LogP contribution in [0.4, 0.5) is 4.79 Å². The van der Waals surface area contributed by atoms with E-state index in [0.717, 1.165) is 12.8 Å². The molecule has 1 aromatic heterocycles. The lowest BCUT2D eigenvalue weighted by molar-refractivity contribution is -0.133. The molecule has 0 aromatic carbocycles. The highest BCUT2D eigenvalue weighted by Gasteiger charge is 2.25. The number of hydrogen-bond acceptors (Lipinski definition) is 6. The summed E-state index contributed by atoms with van der Waals surface area (Å²) in [7, 11) is 0. The van der Waals surface area contributed by atoms with Crippen LogP contribution in [0.25, 0.3) is 0 Å². The predicted molar refractivity (Wildman–Crippen MR) is 67.6 cm³/mol. The Morgan fingerprint density at radius 1 is 1.50 bits per heavy atom. The van der Waals surface area contributed by atoms with Crippen LogP contribution in [0.15, 0.2) is 6.33 Å². The Kier molecular flexibility index (Phi) is 4.85. The number of tetrazole rings is 1. The van der Waals surface area contributed by atoms with Crippen LogP contribution in [0, 0.1) is 0 Å². The molecule has 0 aliphatic carbocycles. The molecular weight excluding hydrogens is 264 g/mol. The number of nitrogens with one attached hydrogen (secondary N) is 1. The number of piperidine rings is 1. The lowest BCUT2D eigenvalue weighted by Crippen LogP contribution is -2.50. The number of alkyl carbamates (subject to hydrolysis) is 1. The van der Waals surface area contributed by atoms with Gasteiger partial charge in [0.1, 0.15) is 12.9 Å². The highest BCUT2D eigenvalue weighted by Crippen LogP contribution is 2.11. The van der Waals surface area contributed by atoms with Crippen molar-refractivity contribution in [3.8, 4) is 0 Å². The van der Waals surface area contributed by atoms with Crippen LogP contribution >= 0.6 is 0 Å². The fourth-order valence-electron chi connectivity index (χ4n) is 2.15. The smallest absolute Gasteiger partial charge is 0.407 e. The highest BCUT2D eigenvalue weighted by atomic mass is 16.5. The average molecular weight is 282 g/mol. The summed E-state index contributed by atoms with van der Waals surface area (Å²) >= 11 is 0. The fourth-order valence-corrected chi connectivity index (χ4v) is 2.15. The summed E-state index contributed by atoms with van der Waals surface area (Å²) in [5, 5.41) is 13.4. The first-order chi connectivity index (χ1) is 9.69.